The van der Waals surface area contributed by atoms with Crippen molar-refractivity contribution in [3.63, 3.8) is 0 Å². The first-order valence-electron chi connectivity index (χ1n) is 7.52. The van der Waals surface area contributed by atoms with Crippen molar-refractivity contribution < 1.29 is 9.72 Å². The summed E-state index contributed by atoms with van der Waals surface area (Å²) in [6.07, 6.45) is 4.07. The van der Waals surface area contributed by atoms with Gasteiger partial charge in [-0.15, -0.1) is 12.4 Å². The van der Waals surface area contributed by atoms with Gasteiger partial charge < -0.3 is 15.5 Å². The second-order valence-corrected chi connectivity index (χ2v) is 5.72. The second kappa shape index (κ2) is 7.56. The van der Waals surface area contributed by atoms with Crippen molar-refractivity contribution in [3.8, 4) is 0 Å². The molecule has 3 rings (SSSR count). The molecule has 2 aliphatic rings. The number of amides is 1. The highest BCUT2D eigenvalue weighted by atomic mass is 35.5. The number of halogens is 1. The highest BCUT2D eigenvalue weighted by molar-refractivity contribution is 5.85. The fourth-order valence-corrected chi connectivity index (χ4v) is 2.98. The van der Waals surface area contributed by atoms with Crippen LogP contribution in [0.4, 0.5) is 11.5 Å². The van der Waals surface area contributed by atoms with Crippen LogP contribution in [0.1, 0.15) is 19.3 Å². The van der Waals surface area contributed by atoms with Crippen LogP contribution in [0.2, 0.25) is 0 Å². The summed E-state index contributed by atoms with van der Waals surface area (Å²) in [5.41, 5.74) is -0.0268. The molecule has 2 saturated heterocycles. The summed E-state index contributed by atoms with van der Waals surface area (Å²) in [4.78, 5) is 28.4. The SMILES string of the molecule is Cl.O=C([C@@H]1CCCN1)N1CCC(Nc2ccc([N+](=O)[O-])cn2)C1. The molecule has 9 heteroatoms. The molecule has 2 atom stereocenters. The zero-order valence-electron chi connectivity index (χ0n) is 12.6. The van der Waals surface area contributed by atoms with Gasteiger partial charge in [0.1, 0.15) is 12.0 Å². The molecule has 126 valence electrons. The zero-order valence-corrected chi connectivity index (χ0v) is 13.4. The second-order valence-electron chi connectivity index (χ2n) is 5.72. The minimum atomic E-state index is -0.471. The Kier molecular flexibility index (Phi) is 5.73. The fraction of sp³-hybridized carbons (Fsp3) is 0.571. The van der Waals surface area contributed by atoms with Crippen LogP contribution in [0.15, 0.2) is 18.3 Å². The van der Waals surface area contributed by atoms with Crippen LogP contribution in [0.3, 0.4) is 0 Å². The Balaban J connectivity index is 0.00000192. The first-order valence-corrected chi connectivity index (χ1v) is 7.52. The number of rotatable bonds is 4. The summed E-state index contributed by atoms with van der Waals surface area (Å²) in [7, 11) is 0. The van der Waals surface area contributed by atoms with E-state index >= 15 is 0 Å². The molecule has 2 N–H and O–H groups in total. The van der Waals surface area contributed by atoms with Crippen molar-refractivity contribution in [3.05, 3.63) is 28.4 Å². The normalized spacial score (nSPS) is 23.4. The number of hydrogen-bond acceptors (Lipinski definition) is 6. The third-order valence-electron chi connectivity index (χ3n) is 4.17. The van der Waals surface area contributed by atoms with Gasteiger partial charge in [0.2, 0.25) is 5.91 Å². The van der Waals surface area contributed by atoms with E-state index < -0.39 is 4.92 Å². The highest BCUT2D eigenvalue weighted by Gasteiger charge is 2.32. The molecule has 1 aromatic rings. The summed E-state index contributed by atoms with van der Waals surface area (Å²) < 4.78 is 0. The number of pyridine rings is 1. The molecule has 0 saturated carbocycles. The smallest absolute Gasteiger partial charge is 0.287 e. The monoisotopic (exact) mass is 341 g/mol. The van der Waals surface area contributed by atoms with Gasteiger partial charge in [-0.05, 0) is 31.9 Å². The van der Waals surface area contributed by atoms with Crippen molar-refractivity contribution >= 4 is 29.8 Å². The molecule has 1 aromatic heterocycles. The fourth-order valence-electron chi connectivity index (χ4n) is 2.98. The summed E-state index contributed by atoms with van der Waals surface area (Å²) in [5.74, 6) is 0.780. The van der Waals surface area contributed by atoms with E-state index in [4.69, 9.17) is 0 Å². The first kappa shape index (κ1) is 17.4. The van der Waals surface area contributed by atoms with Crippen LogP contribution in [-0.4, -0.2) is 52.4 Å². The predicted molar refractivity (Wildman–Crippen MR) is 87.8 cm³/mol. The van der Waals surface area contributed by atoms with Crippen molar-refractivity contribution in [2.24, 2.45) is 0 Å². The Morgan fingerprint density at radius 3 is 2.87 bits per heavy atom. The molecule has 2 aliphatic heterocycles. The van der Waals surface area contributed by atoms with Gasteiger partial charge in [-0.2, -0.15) is 0 Å². The van der Waals surface area contributed by atoms with Gasteiger partial charge in [0.15, 0.2) is 0 Å². The van der Waals surface area contributed by atoms with Crippen LogP contribution >= 0.6 is 12.4 Å². The third-order valence-corrected chi connectivity index (χ3v) is 4.17. The van der Waals surface area contributed by atoms with Gasteiger partial charge in [-0.25, -0.2) is 4.98 Å². The Morgan fingerprint density at radius 1 is 1.43 bits per heavy atom. The van der Waals surface area contributed by atoms with Crippen LogP contribution in [0, 0.1) is 10.1 Å². The quantitative estimate of drug-likeness (QED) is 0.630. The van der Waals surface area contributed by atoms with Crippen molar-refractivity contribution in [2.45, 2.75) is 31.3 Å². The number of hydrogen-bond donors (Lipinski definition) is 2. The number of carbonyl (C=O) groups excluding carboxylic acids is 1. The molecule has 0 bridgehead atoms. The Hall–Kier alpha value is -1.93. The molecule has 0 aliphatic carbocycles. The minimum absolute atomic E-state index is 0. The van der Waals surface area contributed by atoms with E-state index in [9.17, 15) is 14.9 Å². The van der Waals surface area contributed by atoms with Crippen molar-refractivity contribution in [2.75, 3.05) is 25.0 Å². The lowest BCUT2D eigenvalue weighted by molar-refractivity contribution is -0.385. The number of aromatic nitrogens is 1. The van der Waals surface area contributed by atoms with E-state index in [1.807, 2.05) is 4.90 Å². The maximum absolute atomic E-state index is 12.3. The maximum atomic E-state index is 12.3. The average Bonchev–Trinajstić information content (AvgIpc) is 3.19. The van der Waals surface area contributed by atoms with Crippen LogP contribution in [-0.2, 0) is 4.79 Å². The number of nitro groups is 1. The third kappa shape index (κ3) is 4.08. The van der Waals surface area contributed by atoms with E-state index in [0.29, 0.717) is 12.4 Å². The largest absolute Gasteiger partial charge is 0.365 e. The van der Waals surface area contributed by atoms with Crippen LogP contribution in [0.25, 0.3) is 0 Å². The standard InChI is InChI=1S/C14H19N5O3.ClH/c20-14(12-2-1-6-15-12)18-7-5-10(9-18)17-13-4-3-11(8-16-13)19(21)22;/h3-4,8,10,12,15H,1-2,5-7,9H2,(H,16,17);1H/t10?,12-;/m0./s1. The number of anilines is 1. The highest BCUT2D eigenvalue weighted by Crippen LogP contribution is 2.18. The molecule has 0 aromatic carbocycles. The van der Waals surface area contributed by atoms with Gasteiger partial charge in [0, 0.05) is 25.2 Å². The Labute approximate surface area is 140 Å². The summed E-state index contributed by atoms with van der Waals surface area (Å²) >= 11 is 0. The molecular formula is C14H20ClN5O3. The van der Waals surface area contributed by atoms with Crippen LogP contribution in [0.5, 0.6) is 0 Å². The minimum Gasteiger partial charge on any atom is -0.365 e. The first-order chi connectivity index (χ1) is 10.6. The maximum Gasteiger partial charge on any atom is 0.287 e. The van der Waals surface area contributed by atoms with Crippen molar-refractivity contribution in [1.29, 1.82) is 0 Å². The lowest BCUT2D eigenvalue weighted by atomic mass is 10.2. The van der Waals surface area contributed by atoms with E-state index in [-0.39, 0.29) is 36.1 Å². The molecule has 0 radical (unpaired) electrons. The van der Waals surface area contributed by atoms with Gasteiger partial charge in [-0.1, -0.05) is 0 Å². The summed E-state index contributed by atoms with van der Waals surface area (Å²) in [5, 5.41) is 17.1. The summed E-state index contributed by atoms with van der Waals surface area (Å²) in [6.45, 7) is 2.30. The number of likely N-dealkylation sites (tertiary alicyclic amines) is 1. The molecule has 1 amide bonds. The number of nitrogens with zero attached hydrogens (tertiary/aromatic N) is 3. The Bertz CT molecular complexity index is 562. The average molecular weight is 342 g/mol. The molecule has 1 unspecified atom stereocenters. The number of carbonyl (C=O) groups is 1. The molecule has 3 heterocycles. The molecule has 8 nitrogen and oxygen atoms in total. The number of nitrogens with one attached hydrogen (secondary N) is 2. The molecular weight excluding hydrogens is 322 g/mol. The van der Waals surface area contributed by atoms with Gasteiger partial charge in [0.05, 0.1) is 11.0 Å². The summed E-state index contributed by atoms with van der Waals surface area (Å²) in [6, 6.07) is 3.13. The molecule has 23 heavy (non-hydrogen) atoms. The predicted octanol–water partition coefficient (Wildman–Crippen LogP) is 1.18. The van der Waals surface area contributed by atoms with E-state index in [2.05, 4.69) is 15.6 Å². The van der Waals surface area contributed by atoms with Gasteiger partial charge in [0.25, 0.3) is 5.69 Å². The van der Waals surface area contributed by atoms with Gasteiger partial charge >= 0.3 is 0 Å². The molecule has 2 fully saturated rings. The topological polar surface area (TPSA) is 100 Å². The lowest BCUT2D eigenvalue weighted by Gasteiger charge is -2.21. The lowest BCUT2D eigenvalue weighted by Crippen LogP contribution is -2.43. The molecule has 0 spiro atoms. The Morgan fingerprint density at radius 2 is 2.26 bits per heavy atom. The van der Waals surface area contributed by atoms with Crippen molar-refractivity contribution in [1.82, 2.24) is 15.2 Å². The van der Waals surface area contributed by atoms with E-state index in [1.165, 1.54) is 12.3 Å². The van der Waals surface area contributed by atoms with E-state index in [0.717, 1.165) is 32.4 Å². The van der Waals surface area contributed by atoms with Crippen LogP contribution < -0.4 is 10.6 Å². The van der Waals surface area contributed by atoms with E-state index in [1.54, 1.807) is 6.07 Å². The zero-order chi connectivity index (χ0) is 15.5. The van der Waals surface area contributed by atoms with Gasteiger partial charge in [-0.3, -0.25) is 14.9 Å².